The van der Waals surface area contributed by atoms with Gasteiger partial charge in [-0.2, -0.15) is 0 Å². The Balaban J connectivity index is 2.83. The van der Waals surface area contributed by atoms with Gasteiger partial charge in [0.2, 0.25) is 0 Å². The second-order valence-corrected chi connectivity index (χ2v) is 9.71. The van der Waals surface area contributed by atoms with Crippen molar-refractivity contribution < 1.29 is 19.1 Å². The van der Waals surface area contributed by atoms with E-state index in [1.165, 1.54) is 0 Å². The average Bonchev–Trinajstić information content (AvgIpc) is 2.64. The van der Waals surface area contributed by atoms with Crippen LogP contribution in [0.1, 0.15) is 52.7 Å². The second kappa shape index (κ2) is 9.23. The predicted octanol–water partition coefficient (Wildman–Crippen LogP) is 7.00. The molecule has 160 valence electrons. The topological polar surface area (TPSA) is 52.6 Å². The Morgan fingerprint density at radius 2 is 0.933 bits per heavy atom. The Kier molecular flexibility index (Phi) is 7.38. The van der Waals surface area contributed by atoms with Gasteiger partial charge in [0.1, 0.15) is 0 Å². The number of esters is 2. The molecule has 4 nitrogen and oxygen atoms in total. The maximum Gasteiger partial charge on any atom is 0.316 e. The van der Waals surface area contributed by atoms with Gasteiger partial charge in [0.05, 0.1) is 20.9 Å². The molecule has 0 aromatic heterocycles. The summed E-state index contributed by atoms with van der Waals surface area (Å²) in [6.45, 7) is 10.4. The van der Waals surface area contributed by atoms with Crippen LogP contribution < -0.4 is 0 Å². The molecule has 0 saturated carbocycles. The van der Waals surface area contributed by atoms with Crippen LogP contribution in [0.3, 0.4) is 0 Å². The number of carbonyl (C=O) groups is 2. The summed E-state index contributed by atoms with van der Waals surface area (Å²) < 4.78 is 11.6. The van der Waals surface area contributed by atoms with Crippen molar-refractivity contribution in [3.63, 3.8) is 0 Å². The summed E-state index contributed by atoms with van der Waals surface area (Å²) in [7, 11) is 0. The summed E-state index contributed by atoms with van der Waals surface area (Å²) in [6.07, 6.45) is 0. The smallest absolute Gasteiger partial charge is 0.316 e. The first-order chi connectivity index (χ1) is 13.8. The van der Waals surface area contributed by atoms with Crippen molar-refractivity contribution in [3.8, 4) is 0 Å². The van der Waals surface area contributed by atoms with E-state index in [0.29, 0.717) is 21.2 Å². The standard InChI is InChI=1S/C24H26Cl2O4/c1-23(2,3)21(27)29-19(15-11-7-9-13-17(15)25)20(30-22(28)24(4,5)6)16-12-8-10-14-18(16)26/h7-14H,1-6H3. The van der Waals surface area contributed by atoms with Gasteiger partial charge in [-0.25, -0.2) is 0 Å². The van der Waals surface area contributed by atoms with Crippen molar-refractivity contribution in [2.24, 2.45) is 10.8 Å². The lowest BCUT2D eigenvalue weighted by molar-refractivity contribution is -0.147. The van der Waals surface area contributed by atoms with Crippen molar-refractivity contribution in [1.29, 1.82) is 0 Å². The number of carbonyl (C=O) groups excluding carboxylic acids is 2. The monoisotopic (exact) mass is 448 g/mol. The van der Waals surface area contributed by atoms with Crippen molar-refractivity contribution in [2.75, 3.05) is 0 Å². The summed E-state index contributed by atoms with van der Waals surface area (Å²) >= 11 is 12.8. The molecule has 0 radical (unpaired) electrons. The normalized spacial score (nSPS) is 12.8. The lowest BCUT2D eigenvalue weighted by Crippen LogP contribution is -2.25. The molecule has 0 N–H and O–H groups in total. The fourth-order valence-corrected chi connectivity index (χ4v) is 2.67. The number of hydrogen-bond donors (Lipinski definition) is 0. The van der Waals surface area contributed by atoms with Gasteiger partial charge in [-0.05, 0) is 65.8 Å². The highest BCUT2D eigenvalue weighted by Crippen LogP contribution is 2.37. The van der Waals surface area contributed by atoms with E-state index in [-0.39, 0.29) is 11.5 Å². The van der Waals surface area contributed by atoms with Gasteiger partial charge in [-0.1, -0.05) is 47.5 Å². The van der Waals surface area contributed by atoms with Crippen molar-refractivity contribution in [3.05, 3.63) is 69.7 Å². The van der Waals surface area contributed by atoms with E-state index in [1.807, 2.05) is 0 Å². The molecule has 0 saturated heterocycles. The molecule has 0 spiro atoms. The summed E-state index contributed by atoms with van der Waals surface area (Å²) in [5.74, 6) is -0.944. The molecule has 0 amide bonds. The van der Waals surface area contributed by atoms with E-state index in [4.69, 9.17) is 32.7 Å². The van der Waals surface area contributed by atoms with E-state index < -0.39 is 22.8 Å². The highest BCUT2D eigenvalue weighted by molar-refractivity contribution is 6.33. The molecule has 0 atom stereocenters. The van der Waals surface area contributed by atoms with Gasteiger partial charge >= 0.3 is 11.9 Å². The fraction of sp³-hybridized carbons (Fsp3) is 0.333. The zero-order chi connectivity index (χ0) is 22.7. The summed E-state index contributed by atoms with van der Waals surface area (Å²) in [4.78, 5) is 25.6. The molecule has 0 aliphatic heterocycles. The molecule has 0 fully saturated rings. The van der Waals surface area contributed by atoms with Crippen LogP contribution in [0.2, 0.25) is 10.0 Å². The number of benzene rings is 2. The lowest BCUT2D eigenvalue weighted by Gasteiger charge is -2.23. The third kappa shape index (κ3) is 5.87. The molecular formula is C24H26Cl2O4. The molecular weight excluding hydrogens is 423 g/mol. The Labute approximate surface area is 187 Å². The number of halogens is 2. The largest absolute Gasteiger partial charge is 0.421 e. The van der Waals surface area contributed by atoms with Crippen LogP contribution in [-0.2, 0) is 19.1 Å². The number of hydrogen-bond acceptors (Lipinski definition) is 4. The minimum Gasteiger partial charge on any atom is -0.421 e. The molecule has 0 aliphatic carbocycles. The van der Waals surface area contributed by atoms with Crippen molar-refractivity contribution in [1.82, 2.24) is 0 Å². The Morgan fingerprint density at radius 1 is 0.633 bits per heavy atom. The average molecular weight is 449 g/mol. The van der Waals surface area contributed by atoms with Gasteiger partial charge in [0, 0.05) is 11.1 Å². The number of ether oxygens (including phenoxy) is 2. The molecule has 2 rings (SSSR count). The first kappa shape index (κ1) is 24.0. The molecule has 2 aromatic rings. The van der Waals surface area contributed by atoms with E-state index in [1.54, 1.807) is 90.1 Å². The van der Waals surface area contributed by atoms with E-state index in [0.717, 1.165) is 0 Å². The van der Waals surface area contributed by atoms with Crippen LogP contribution in [0.25, 0.3) is 11.5 Å². The molecule has 2 aromatic carbocycles. The van der Waals surface area contributed by atoms with Gasteiger partial charge in [0.25, 0.3) is 0 Å². The minimum absolute atomic E-state index is 0.0335. The third-order valence-electron chi connectivity index (χ3n) is 4.06. The zero-order valence-corrected chi connectivity index (χ0v) is 19.5. The first-order valence-corrected chi connectivity index (χ1v) is 10.3. The molecule has 30 heavy (non-hydrogen) atoms. The maximum absolute atomic E-state index is 12.8. The molecule has 0 heterocycles. The third-order valence-corrected chi connectivity index (χ3v) is 4.72. The van der Waals surface area contributed by atoms with Crippen LogP contribution in [0, 0.1) is 10.8 Å². The van der Waals surface area contributed by atoms with Gasteiger partial charge in [-0.15, -0.1) is 0 Å². The lowest BCUT2D eigenvalue weighted by atomic mass is 9.96. The van der Waals surface area contributed by atoms with E-state index >= 15 is 0 Å². The number of rotatable bonds is 4. The molecule has 0 unspecified atom stereocenters. The van der Waals surface area contributed by atoms with Gasteiger partial charge < -0.3 is 9.47 Å². The van der Waals surface area contributed by atoms with Gasteiger partial charge in [0.15, 0.2) is 11.5 Å². The van der Waals surface area contributed by atoms with Crippen molar-refractivity contribution >= 4 is 46.7 Å². The van der Waals surface area contributed by atoms with Crippen LogP contribution in [-0.4, -0.2) is 11.9 Å². The minimum atomic E-state index is -0.799. The quantitative estimate of drug-likeness (QED) is 0.287. The Morgan fingerprint density at radius 3 is 1.20 bits per heavy atom. The van der Waals surface area contributed by atoms with E-state index in [2.05, 4.69) is 0 Å². The molecule has 0 aliphatic rings. The summed E-state index contributed by atoms with van der Waals surface area (Å²) in [5, 5.41) is 0.677. The first-order valence-electron chi connectivity index (χ1n) is 9.51. The van der Waals surface area contributed by atoms with Crippen LogP contribution in [0.15, 0.2) is 48.5 Å². The highest BCUT2D eigenvalue weighted by atomic mass is 35.5. The van der Waals surface area contributed by atoms with Crippen LogP contribution >= 0.6 is 23.2 Å². The SMILES string of the molecule is CC(C)(C)C(=O)OC(=C(OC(=O)C(C)(C)C)c1ccccc1Cl)c1ccccc1Cl. The second-order valence-electron chi connectivity index (χ2n) is 8.90. The molecule has 0 bridgehead atoms. The van der Waals surface area contributed by atoms with Crippen LogP contribution in [0.5, 0.6) is 0 Å². The predicted molar refractivity (Wildman–Crippen MR) is 121 cm³/mol. The molecule has 6 heteroatoms. The highest BCUT2D eigenvalue weighted by Gasteiger charge is 2.32. The Hall–Kier alpha value is -2.30. The maximum atomic E-state index is 12.8. The fourth-order valence-electron chi connectivity index (χ4n) is 2.23. The van der Waals surface area contributed by atoms with E-state index in [9.17, 15) is 9.59 Å². The van der Waals surface area contributed by atoms with Crippen LogP contribution in [0.4, 0.5) is 0 Å². The van der Waals surface area contributed by atoms with Gasteiger partial charge in [-0.3, -0.25) is 9.59 Å². The zero-order valence-electron chi connectivity index (χ0n) is 18.0. The summed E-state index contributed by atoms with van der Waals surface area (Å²) in [6, 6.07) is 13.7. The summed E-state index contributed by atoms with van der Waals surface area (Å²) in [5.41, 5.74) is -0.778. The Bertz CT molecular complexity index is 900. The van der Waals surface area contributed by atoms with Crippen molar-refractivity contribution in [2.45, 2.75) is 41.5 Å².